The third kappa shape index (κ3) is 4.12. The van der Waals surface area contributed by atoms with Gasteiger partial charge < -0.3 is 24.7 Å². The summed E-state index contributed by atoms with van der Waals surface area (Å²) in [6.07, 6.45) is 5.65. The van der Waals surface area contributed by atoms with Crippen molar-refractivity contribution in [2.24, 2.45) is 0 Å². The zero-order chi connectivity index (χ0) is 22.8. The number of morpholine rings is 1. The number of nitrogens with one attached hydrogen (secondary N) is 2. The standard InChI is InChI=1S/C25H26N6O2/c1-17-20(4-3-5-21(17)26-2)22-16-31-11-10-27-24(31)23(29-22)28-19-8-6-18(7-9-19)25(32)30-12-14-33-15-13-30/h3-11,16,26H,12-15H2,1-2H3,(H,28,29). The number of imidazole rings is 1. The van der Waals surface area contributed by atoms with Gasteiger partial charge in [0.05, 0.1) is 18.9 Å². The van der Waals surface area contributed by atoms with Crippen molar-refractivity contribution in [2.75, 3.05) is 44.0 Å². The molecule has 8 nitrogen and oxygen atoms in total. The van der Waals surface area contributed by atoms with Crippen molar-refractivity contribution >= 4 is 28.7 Å². The van der Waals surface area contributed by atoms with Crippen molar-refractivity contribution in [3.63, 3.8) is 0 Å². The summed E-state index contributed by atoms with van der Waals surface area (Å²) in [5.41, 5.74) is 6.32. The van der Waals surface area contributed by atoms with Gasteiger partial charge in [-0.25, -0.2) is 9.97 Å². The summed E-state index contributed by atoms with van der Waals surface area (Å²) in [6, 6.07) is 13.6. The molecule has 2 aromatic carbocycles. The lowest BCUT2D eigenvalue weighted by molar-refractivity contribution is 0.0303. The third-order valence-corrected chi connectivity index (χ3v) is 5.95. The Kier molecular flexibility index (Phi) is 5.66. The molecular formula is C25H26N6O2. The van der Waals surface area contributed by atoms with Crippen molar-refractivity contribution in [1.82, 2.24) is 19.3 Å². The lowest BCUT2D eigenvalue weighted by atomic mass is 10.0. The lowest BCUT2D eigenvalue weighted by Gasteiger charge is -2.26. The molecule has 5 rings (SSSR count). The molecule has 0 radical (unpaired) electrons. The summed E-state index contributed by atoms with van der Waals surface area (Å²) in [5.74, 6) is 0.680. The molecule has 8 heteroatoms. The number of hydrogen-bond acceptors (Lipinski definition) is 6. The topological polar surface area (TPSA) is 83.8 Å². The fourth-order valence-electron chi connectivity index (χ4n) is 4.11. The summed E-state index contributed by atoms with van der Waals surface area (Å²) in [7, 11) is 1.92. The Morgan fingerprint density at radius 1 is 1.09 bits per heavy atom. The van der Waals surface area contributed by atoms with Crippen LogP contribution in [-0.4, -0.2) is 58.5 Å². The van der Waals surface area contributed by atoms with E-state index >= 15 is 0 Å². The highest BCUT2D eigenvalue weighted by Crippen LogP contribution is 2.30. The maximum Gasteiger partial charge on any atom is 0.254 e. The van der Waals surface area contributed by atoms with E-state index in [1.165, 1.54) is 0 Å². The predicted molar refractivity (Wildman–Crippen MR) is 129 cm³/mol. The summed E-state index contributed by atoms with van der Waals surface area (Å²) < 4.78 is 7.30. The first-order valence-corrected chi connectivity index (χ1v) is 11.0. The van der Waals surface area contributed by atoms with E-state index in [0.29, 0.717) is 37.7 Å². The predicted octanol–water partition coefficient (Wildman–Crippen LogP) is 3.96. The molecule has 3 heterocycles. The minimum absolute atomic E-state index is 0.0283. The molecule has 1 aliphatic heterocycles. The van der Waals surface area contributed by atoms with Gasteiger partial charge in [0, 0.05) is 61.2 Å². The van der Waals surface area contributed by atoms with Crippen LogP contribution < -0.4 is 10.6 Å². The van der Waals surface area contributed by atoms with Crippen LogP contribution in [0.5, 0.6) is 0 Å². The SMILES string of the molecule is CNc1cccc(-c2cn3ccnc3c(Nc3ccc(C(=O)N4CCOCC4)cc3)n2)c1C. The summed E-state index contributed by atoms with van der Waals surface area (Å²) in [4.78, 5) is 23.9. The highest BCUT2D eigenvalue weighted by atomic mass is 16.5. The molecule has 1 saturated heterocycles. The maximum absolute atomic E-state index is 12.7. The van der Waals surface area contributed by atoms with Gasteiger partial charge in [0.25, 0.3) is 5.91 Å². The van der Waals surface area contributed by atoms with Crippen molar-refractivity contribution in [3.8, 4) is 11.3 Å². The van der Waals surface area contributed by atoms with Gasteiger partial charge in [0.2, 0.25) is 0 Å². The number of anilines is 3. The average molecular weight is 443 g/mol. The van der Waals surface area contributed by atoms with Crippen LogP contribution in [0, 0.1) is 6.92 Å². The Balaban J connectivity index is 1.44. The molecule has 0 spiro atoms. The van der Waals surface area contributed by atoms with Crippen molar-refractivity contribution in [3.05, 3.63) is 72.2 Å². The monoisotopic (exact) mass is 442 g/mol. The Morgan fingerprint density at radius 2 is 1.88 bits per heavy atom. The zero-order valence-corrected chi connectivity index (χ0v) is 18.7. The van der Waals surface area contributed by atoms with E-state index in [1.807, 2.05) is 65.1 Å². The first-order valence-electron chi connectivity index (χ1n) is 11.0. The quantitative estimate of drug-likeness (QED) is 0.487. The lowest BCUT2D eigenvalue weighted by Crippen LogP contribution is -2.40. The molecule has 1 aliphatic rings. The van der Waals surface area contributed by atoms with Crippen molar-refractivity contribution in [1.29, 1.82) is 0 Å². The maximum atomic E-state index is 12.7. The highest BCUT2D eigenvalue weighted by Gasteiger charge is 2.18. The highest BCUT2D eigenvalue weighted by molar-refractivity contribution is 5.94. The Hall–Kier alpha value is -3.91. The fourth-order valence-corrected chi connectivity index (χ4v) is 4.11. The van der Waals surface area contributed by atoms with Crippen LogP contribution in [0.3, 0.4) is 0 Å². The normalized spacial score (nSPS) is 13.8. The second-order valence-electron chi connectivity index (χ2n) is 7.97. The number of fused-ring (bicyclic) bond motifs is 1. The van der Waals surface area contributed by atoms with E-state index < -0.39 is 0 Å². The Labute approximate surface area is 192 Å². The van der Waals surface area contributed by atoms with Crippen molar-refractivity contribution in [2.45, 2.75) is 6.92 Å². The number of rotatable bonds is 5. The molecule has 0 unspecified atom stereocenters. The number of carbonyl (C=O) groups is 1. The van der Waals surface area contributed by atoms with E-state index in [4.69, 9.17) is 9.72 Å². The Bertz CT molecular complexity index is 1290. The summed E-state index contributed by atoms with van der Waals surface area (Å²) >= 11 is 0. The number of carbonyl (C=O) groups excluding carboxylic acids is 1. The summed E-state index contributed by atoms with van der Waals surface area (Å²) in [5, 5.41) is 6.61. The average Bonchev–Trinajstić information content (AvgIpc) is 3.34. The molecule has 2 aromatic heterocycles. The molecule has 0 saturated carbocycles. The van der Waals surface area contributed by atoms with Crippen LogP contribution in [0.2, 0.25) is 0 Å². The van der Waals surface area contributed by atoms with E-state index in [9.17, 15) is 4.79 Å². The smallest absolute Gasteiger partial charge is 0.254 e. The summed E-state index contributed by atoms with van der Waals surface area (Å²) in [6.45, 7) is 4.51. The van der Waals surface area contributed by atoms with Gasteiger partial charge in [-0.2, -0.15) is 0 Å². The fraction of sp³-hybridized carbons (Fsp3) is 0.240. The largest absolute Gasteiger partial charge is 0.388 e. The van der Waals surface area contributed by atoms with Crippen molar-refractivity contribution < 1.29 is 9.53 Å². The van der Waals surface area contributed by atoms with E-state index in [-0.39, 0.29) is 5.91 Å². The van der Waals surface area contributed by atoms with E-state index in [1.54, 1.807) is 6.20 Å². The molecule has 168 valence electrons. The third-order valence-electron chi connectivity index (χ3n) is 5.95. The van der Waals surface area contributed by atoms with Gasteiger partial charge in [-0.15, -0.1) is 0 Å². The number of amides is 1. The van der Waals surface area contributed by atoms with Gasteiger partial charge in [-0.3, -0.25) is 4.79 Å². The minimum atomic E-state index is 0.0283. The number of aromatic nitrogens is 3. The second-order valence-corrected chi connectivity index (χ2v) is 7.97. The molecule has 33 heavy (non-hydrogen) atoms. The van der Waals surface area contributed by atoms with Gasteiger partial charge in [0.15, 0.2) is 11.5 Å². The van der Waals surface area contributed by atoms with Gasteiger partial charge in [-0.1, -0.05) is 12.1 Å². The number of nitrogens with zero attached hydrogens (tertiary/aromatic N) is 4. The number of hydrogen-bond donors (Lipinski definition) is 2. The molecule has 1 amide bonds. The first-order chi connectivity index (χ1) is 16.1. The Morgan fingerprint density at radius 3 is 2.64 bits per heavy atom. The first kappa shape index (κ1) is 21.0. The molecule has 4 aromatic rings. The van der Waals surface area contributed by atoms with Crippen LogP contribution in [0.15, 0.2) is 61.1 Å². The number of ether oxygens (including phenoxy) is 1. The second kappa shape index (κ2) is 8.91. The van der Waals surface area contributed by atoms with Crippen LogP contribution in [0.25, 0.3) is 16.9 Å². The van der Waals surface area contributed by atoms with Crippen LogP contribution in [0.1, 0.15) is 15.9 Å². The number of benzene rings is 2. The van der Waals surface area contributed by atoms with Crippen LogP contribution in [-0.2, 0) is 4.74 Å². The van der Waals surface area contributed by atoms with Crippen LogP contribution in [0.4, 0.5) is 17.2 Å². The molecule has 2 N–H and O–H groups in total. The van der Waals surface area contributed by atoms with Gasteiger partial charge >= 0.3 is 0 Å². The molecular weight excluding hydrogens is 416 g/mol. The van der Waals surface area contributed by atoms with Gasteiger partial charge in [0.1, 0.15) is 0 Å². The van der Waals surface area contributed by atoms with Gasteiger partial charge in [-0.05, 0) is 42.8 Å². The van der Waals surface area contributed by atoms with Crippen LogP contribution >= 0.6 is 0 Å². The molecule has 0 aliphatic carbocycles. The molecule has 1 fully saturated rings. The van der Waals surface area contributed by atoms with E-state index in [0.717, 1.165) is 33.8 Å². The zero-order valence-electron chi connectivity index (χ0n) is 18.7. The van der Waals surface area contributed by atoms with E-state index in [2.05, 4.69) is 28.6 Å². The minimum Gasteiger partial charge on any atom is -0.388 e. The molecule has 0 atom stereocenters. The molecule has 0 bridgehead atoms.